The number of aliphatic carboxylic acids is 1. The van der Waals surface area contributed by atoms with Crippen LogP contribution in [0, 0.1) is 17.8 Å². The van der Waals surface area contributed by atoms with Gasteiger partial charge in [0.05, 0.1) is 0 Å². The Bertz CT molecular complexity index is 286. The van der Waals surface area contributed by atoms with E-state index in [0.29, 0.717) is 11.8 Å². The van der Waals surface area contributed by atoms with Gasteiger partial charge in [-0.05, 0) is 43.7 Å². The molecule has 1 rings (SSSR count). The molecule has 1 aliphatic rings. The highest BCUT2D eigenvalue weighted by atomic mass is 16.4. The third kappa shape index (κ3) is 2.56. The maximum Gasteiger partial charge on any atom is 0.324 e. The summed E-state index contributed by atoms with van der Waals surface area (Å²) in [6, 6.07) is 0. The van der Waals surface area contributed by atoms with Crippen LogP contribution in [0.4, 0.5) is 0 Å². The molecule has 1 saturated carbocycles. The van der Waals surface area contributed by atoms with Gasteiger partial charge in [-0.2, -0.15) is 0 Å². The Kier molecular flexibility index (Phi) is 5.20. The zero-order valence-electron chi connectivity index (χ0n) is 12.6. The van der Waals surface area contributed by atoms with Crippen LogP contribution in [0.25, 0.3) is 0 Å². The molecular weight excluding hydrogens is 226 g/mol. The van der Waals surface area contributed by atoms with E-state index >= 15 is 0 Å². The smallest absolute Gasteiger partial charge is 0.324 e. The van der Waals surface area contributed by atoms with Gasteiger partial charge in [0.15, 0.2) is 0 Å². The van der Waals surface area contributed by atoms with Crippen molar-refractivity contribution in [3.63, 3.8) is 0 Å². The first-order valence-corrected chi connectivity index (χ1v) is 7.38. The van der Waals surface area contributed by atoms with Crippen molar-refractivity contribution in [2.24, 2.45) is 17.8 Å². The number of carbonyl (C=O) groups is 1. The molecule has 18 heavy (non-hydrogen) atoms. The first-order valence-electron chi connectivity index (χ1n) is 7.38. The molecule has 0 bridgehead atoms. The fourth-order valence-electron chi connectivity index (χ4n) is 3.90. The quantitative estimate of drug-likeness (QED) is 0.820. The first kappa shape index (κ1) is 15.5. The van der Waals surface area contributed by atoms with Crippen LogP contribution in [0.1, 0.15) is 53.9 Å². The third-order valence-electron chi connectivity index (χ3n) is 4.75. The van der Waals surface area contributed by atoms with Crippen molar-refractivity contribution in [3.05, 3.63) is 0 Å². The summed E-state index contributed by atoms with van der Waals surface area (Å²) in [6.07, 6.45) is 3.01. The molecule has 0 amide bonds. The van der Waals surface area contributed by atoms with Gasteiger partial charge in [-0.1, -0.05) is 41.0 Å². The molecule has 1 fully saturated rings. The molecule has 3 atom stereocenters. The zero-order valence-corrected chi connectivity index (χ0v) is 12.6. The molecule has 0 radical (unpaired) electrons. The van der Waals surface area contributed by atoms with E-state index in [2.05, 4.69) is 39.5 Å². The van der Waals surface area contributed by atoms with Crippen LogP contribution in [-0.2, 0) is 4.79 Å². The van der Waals surface area contributed by atoms with E-state index < -0.39 is 11.5 Å². The fraction of sp³-hybridized carbons (Fsp3) is 0.933. The summed E-state index contributed by atoms with van der Waals surface area (Å²) in [5.41, 5.74) is -0.644. The van der Waals surface area contributed by atoms with Gasteiger partial charge in [-0.3, -0.25) is 9.69 Å². The Morgan fingerprint density at radius 2 is 1.89 bits per heavy atom. The lowest BCUT2D eigenvalue weighted by molar-refractivity contribution is -0.163. The lowest BCUT2D eigenvalue weighted by Gasteiger charge is -2.51. The second-order valence-electron chi connectivity index (χ2n) is 6.14. The minimum absolute atomic E-state index is 0.270. The summed E-state index contributed by atoms with van der Waals surface area (Å²) in [7, 11) is 0. The number of hydrogen-bond donors (Lipinski definition) is 1. The van der Waals surface area contributed by atoms with E-state index in [1.165, 1.54) is 6.42 Å². The highest BCUT2D eigenvalue weighted by molar-refractivity contribution is 5.79. The molecule has 0 aromatic rings. The van der Waals surface area contributed by atoms with E-state index in [1.807, 2.05) is 0 Å². The number of carboxylic acids is 1. The molecule has 3 nitrogen and oxygen atoms in total. The van der Waals surface area contributed by atoms with Crippen LogP contribution in [0.15, 0.2) is 0 Å². The van der Waals surface area contributed by atoms with Crippen molar-refractivity contribution in [1.29, 1.82) is 0 Å². The summed E-state index contributed by atoms with van der Waals surface area (Å²) < 4.78 is 0. The van der Waals surface area contributed by atoms with Gasteiger partial charge in [0.25, 0.3) is 0 Å². The van der Waals surface area contributed by atoms with E-state index in [9.17, 15) is 9.90 Å². The van der Waals surface area contributed by atoms with Gasteiger partial charge in [0.2, 0.25) is 0 Å². The molecule has 1 aliphatic carbocycles. The minimum atomic E-state index is -0.644. The van der Waals surface area contributed by atoms with Crippen molar-refractivity contribution in [2.45, 2.75) is 59.4 Å². The van der Waals surface area contributed by atoms with Gasteiger partial charge < -0.3 is 5.11 Å². The topological polar surface area (TPSA) is 40.5 Å². The average molecular weight is 255 g/mol. The monoisotopic (exact) mass is 255 g/mol. The third-order valence-corrected chi connectivity index (χ3v) is 4.75. The van der Waals surface area contributed by atoms with Crippen LogP contribution in [0.5, 0.6) is 0 Å². The Morgan fingerprint density at radius 3 is 2.28 bits per heavy atom. The first-order chi connectivity index (χ1) is 8.40. The van der Waals surface area contributed by atoms with Gasteiger partial charge in [0.1, 0.15) is 5.54 Å². The maximum atomic E-state index is 12.1. The average Bonchev–Trinajstić information content (AvgIpc) is 2.29. The summed E-state index contributed by atoms with van der Waals surface area (Å²) in [4.78, 5) is 14.2. The predicted molar refractivity (Wildman–Crippen MR) is 74.6 cm³/mol. The van der Waals surface area contributed by atoms with E-state index in [0.717, 1.165) is 25.9 Å². The molecule has 3 unspecified atom stereocenters. The largest absolute Gasteiger partial charge is 0.480 e. The van der Waals surface area contributed by atoms with Crippen LogP contribution in [0.2, 0.25) is 0 Å². The summed E-state index contributed by atoms with van der Waals surface area (Å²) in [6.45, 7) is 12.3. The fourth-order valence-corrected chi connectivity index (χ4v) is 3.90. The number of rotatable bonds is 5. The van der Waals surface area contributed by atoms with Gasteiger partial charge in [0, 0.05) is 0 Å². The second kappa shape index (κ2) is 6.05. The highest BCUT2D eigenvalue weighted by Gasteiger charge is 2.53. The van der Waals surface area contributed by atoms with Gasteiger partial charge in [-0.25, -0.2) is 0 Å². The van der Waals surface area contributed by atoms with Crippen molar-refractivity contribution < 1.29 is 9.90 Å². The van der Waals surface area contributed by atoms with E-state index in [-0.39, 0.29) is 5.92 Å². The second-order valence-corrected chi connectivity index (χ2v) is 6.14. The van der Waals surface area contributed by atoms with Crippen molar-refractivity contribution >= 4 is 5.97 Å². The van der Waals surface area contributed by atoms with E-state index in [4.69, 9.17) is 0 Å². The van der Waals surface area contributed by atoms with E-state index in [1.54, 1.807) is 0 Å². The van der Waals surface area contributed by atoms with Crippen LogP contribution in [-0.4, -0.2) is 34.6 Å². The summed E-state index contributed by atoms with van der Waals surface area (Å²) in [5, 5.41) is 9.92. The van der Waals surface area contributed by atoms with Crippen LogP contribution < -0.4 is 0 Å². The number of likely N-dealkylation sites (N-methyl/N-ethyl adjacent to an activating group) is 1. The normalized spacial score (nSPS) is 33.1. The summed E-state index contributed by atoms with van der Waals surface area (Å²) in [5.74, 6) is 0.591. The Labute approximate surface area is 112 Å². The molecule has 106 valence electrons. The highest BCUT2D eigenvalue weighted by Crippen LogP contribution is 2.44. The number of carboxylic acid groups (broad SMARTS) is 1. The number of nitrogens with zero attached hydrogens (tertiary/aromatic N) is 1. The van der Waals surface area contributed by atoms with Crippen molar-refractivity contribution in [3.8, 4) is 0 Å². The lowest BCUT2D eigenvalue weighted by Crippen LogP contribution is -2.62. The maximum absolute atomic E-state index is 12.1. The predicted octanol–water partition coefficient (Wildman–Crippen LogP) is 3.24. The molecule has 0 saturated heterocycles. The molecule has 0 spiro atoms. The SMILES string of the molecule is CCN(CC)C1(C(=O)O)CC(C)CCC1C(C)C. The Balaban J connectivity index is 3.20. The molecule has 0 aromatic heterocycles. The standard InChI is InChI=1S/C15H29NO2/c1-6-16(7-2)15(14(17)18)10-12(5)8-9-13(15)11(3)4/h11-13H,6-10H2,1-5H3,(H,17,18). The molecule has 0 aromatic carbocycles. The lowest BCUT2D eigenvalue weighted by atomic mass is 9.64. The Hall–Kier alpha value is -0.570. The molecule has 3 heteroatoms. The minimum Gasteiger partial charge on any atom is -0.480 e. The van der Waals surface area contributed by atoms with Gasteiger partial charge >= 0.3 is 5.97 Å². The van der Waals surface area contributed by atoms with Crippen LogP contribution in [0.3, 0.4) is 0 Å². The number of hydrogen-bond acceptors (Lipinski definition) is 2. The van der Waals surface area contributed by atoms with Crippen molar-refractivity contribution in [1.82, 2.24) is 4.90 Å². The molecule has 0 heterocycles. The van der Waals surface area contributed by atoms with Crippen LogP contribution >= 0.6 is 0 Å². The molecule has 1 N–H and O–H groups in total. The zero-order chi connectivity index (χ0) is 13.9. The van der Waals surface area contributed by atoms with Gasteiger partial charge in [-0.15, -0.1) is 0 Å². The summed E-state index contributed by atoms with van der Waals surface area (Å²) >= 11 is 0. The molecular formula is C15H29NO2. The van der Waals surface area contributed by atoms with Crippen molar-refractivity contribution in [2.75, 3.05) is 13.1 Å². The molecule has 0 aliphatic heterocycles. The Morgan fingerprint density at radius 1 is 1.33 bits per heavy atom.